The zero-order valence-electron chi connectivity index (χ0n) is 9.86. The summed E-state index contributed by atoms with van der Waals surface area (Å²) in [7, 11) is 0. The van der Waals surface area contributed by atoms with Crippen molar-refractivity contribution in [2.45, 2.75) is 19.1 Å². The van der Waals surface area contributed by atoms with Crippen molar-refractivity contribution in [2.75, 3.05) is 11.1 Å². The molecule has 0 aliphatic rings. The Labute approximate surface area is 106 Å². The Hall–Kier alpha value is -2.32. The van der Waals surface area contributed by atoms with Gasteiger partial charge in [-0.2, -0.15) is 18.4 Å². The van der Waals surface area contributed by atoms with E-state index in [1.54, 1.807) is 6.92 Å². The average molecular weight is 272 g/mol. The van der Waals surface area contributed by atoms with E-state index in [0.29, 0.717) is 11.5 Å². The quantitative estimate of drug-likeness (QED) is 0.743. The molecule has 1 aromatic heterocycles. The fourth-order valence-electron chi connectivity index (χ4n) is 1.52. The smallest absolute Gasteiger partial charge is 0.397 e. The summed E-state index contributed by atoms with van der Waals surface area (Å²) in [5.74, 6) is 0.388. The molecule has 1 atom stereocenters. The van der Waals surface area contributed by atoms with E-state index in [1.165, 1.54) is 6.07 Å². The summed E-state index contributed by atoms with van der Waals surface area (Å²) >= 11 is 0. The van der Waals surface area contributed by atoms with Gasteiger partial charge in [-0.05, 0) is 25.1 Å². The van der Waals surface area contributed by atoms with Gasteiger partial charge in [-0.1, -0.05) is 5.21 Å². The zero-order chi connectivity index (χ0) is 14.0. The van der Waals surface area contributed by atoms with Gasteiger partial charge in [0.1, 0.15) is 0 Å². The van der Waals surface area contributed by atoms with Gasteiger partial charge in [-0.25, -0.2) is 0 Å². The Morgan fingerprint density at radius 3 is 2.63 bits per heavy atom. The van der Waals surface area contributed by atoms with Gasteiger partial charge in [0.2, 0.25) is 0 Å². The molecule has 0 fully saturated rings. The monoisotopic (exact) mass is 272 g/mol. The third-order valence-corrected chi connectivity index (χ3v) is 2.50. The number of nitrogens with zero attached hydrogens (tertiary/aromatic N) is 3. The Morgan fingerprint density at radius 1 is 1.37 bits per heavy atom. The first-order valence-corrected chi connectivity index (χ1v) is 5.34. The van der Waals surface area contributed by atoms with Crippen molar-refractivity contribution in [3.8, 4) is 0 Å². The standard InChI is InChI=1S/C10H11F3N6/c1-5(9-16-18-19-17-9)15-8-3-2-6(4-7(8)14)10(11,12)13/h2-5,15H,14H2,1H3,(H,16,17,18,19). The number of alkyl halides is 3. The summed E-state index contributed by atoms with van der Waals surface area (Å²) in [6, 6.07) is 2.78. The van der Waals surface area contributed by atoms with Crippen LogP contribution in [0.5, 0.6) is 0 Å². The number of nitrogens with one attached hydrogen (secondary N) is 2. The maximum absolute atomic E-state index is 12.5. The SMILES string of the molecule is CC(Nc1ccc(C(F)(F)F)cc1N)c1nn[nH]n1. The van der Waals surface area contributed by atoms with Crippen LogP contribution in [-0.2, 0) is 6.18 Å². The molecule has 0 saturated heterocycles. The summed E-state index contributed by atoms with van der Waals surface area (Å²) in [5.41, 5.74) is 5.19. The number of tetrazole rings is 1. The van der Waals surface area contributed by atoms with E-state index in [0.717, 1.165) is 12.1 Å². The van der Waals surface area contributed by atoms with Gasteiger partial charge >= 0.3 is 6.18 Å². The van der Waals surface area contributed by atoms with Crippen LogP contribution in [0.1, 0.15) is 24.4 Å². The van der Waals surface area contributed by atoms with Gasteiger partial charge in [-0.3, -0.25) is 0 Å². The van der Waals surface area contributed by atoms with Crippen LogP contribution in [0.3, 0.4) is 0 Å². The fraction of sp³-hybridized carbons (Fsp3) is 0.300. The highest BCUT2D eigenvalue weighted by Crippen LogP contribution is 2.33. The lowest BCUT2D eigenvalue weighted by Gasteiger charge is -2.15. The highest BCUT2D eigenvalue weighted by molar-refractivity contribution is 5.67. The molecule has 2 aromatic rings. The largest absolute Gasteiger partial charge is 0.416 e. The third kappa shape index (κ3) is 2.92. The predicted octanol–water partition coefficient (Wildman–Crippen LogP) is 1.97. The van der Waals surface area contributed by atoms with E-state index >= 15 is 0 Å². The number of H-pyrrole nitrogens is 1. The lowest BCUT2D eigenvalue weighted by Crippen LogP contribution is -2.11. The second kappa shape index (κ2) is 4.75. The van der Waals surface area contributed by atoms with Gasteiger partial charge in [0.05, 0.1) is 23.0 Å². The molecule has 2 rings (SSSR count). The van der Waals surface area contributed by atoms with Gasteiger partial charge in [-0.15, -0.1) is 10.2 Å². The normalized spacial score (nSPS) is 13.3. The first-order valence-electron chi connectivity index (χ1n) is 5.34. The summed E-state index contributed by atoms with van der Waals surface area (Å²) in [6.07, 6.45) is -4.41. The number of aromatic amines is 1. The van der Waals surface area contributed by atoms with E-state index in [1.807, 2.05) is 0 Å². The molecule has 102 valence electrons. The molecule has 9 heteroatoms. The van der Waals surface area contributed by atoms with E-state index < -0.39 is 11.7 Å². The third-order valence-electron chi connectivity index (χ3n) is 2.50. The second-order valence-corrected chi connectivity index (χ2v) is 3.94. The molecule has 0 spiro atoms. The molecule has 1 heterocycles. The number of nitrogen functional groups attached to an aromatic ring is 1. The molecule has 19 heavy (non-hydrogen) atoms. The van der Waals surface area contributed by atoms with E-state index in [-0.39, 0.29) is 11.7 Å². The molecule has 0 radical (unpaired) electrons. The van der Waals surface area contributed by atoms with Crippen molar-refractivity contribution >= 4 is 11.4 Å². The lowest BCUT2D eigenvalue weighted by molar-refractivity contribution is -0.137. The van der Waals surface area contributed by atoms with E-state index in [9.17, 15) is 13.2 Å². The molecular weight excluding hydrogens is 261 g/mol. The molecule has 0 aliphatic heterocycles. The minimum Gasteiger partial charge on any atom is -0.397 e. The number of anilines is 2. The first-order chi connectivity index (χ1) is 8.88. The van der Waals surface area contributed by atoms with Crippen LogP contribution in [-0.4, -0.2) is 20.6 Å². The van der Waals surface area contributed by atoms with Crippen LogP contribution in [0.4, 0.5) is 24.5 Å². The maximum Gasteiger partial charge on any atom is 0.416 e. The first kappa shape index (κ1) is 13.1. The molecule has 0 amide bonds. The van der Waals surface area contributed by atoms with Crippen molar-refractivity contribution in [2.24, 2.45) is 0 Å². The van der Waals surface area contributed by atoms with Gasteiger partial charge in [0, 0.05) is 0 Å². The molecule has 1 unspecified atom stereocenters. The highest BCUT2D eigenvalue weighted by atomic mass is 19.4. The van der Waals surface area contributed by atoms with Crippen LogP contribution in [0.15, 0.2) is 18.2 Å². The van der Waals surface area contributed by atoms with Crippen molar-refractivity contribution in [3.05, 3.63) is 29.6 Å². The molecule has 1 aromatic carbocycles. The summed E-state index contributed by atoms with van der Waals surface area (Å²) in [4.78, 5) is 0. The predicted molar refractivity (Wildman–Crippen MR) is 62.1 cm³/mol. The average Bonchev–Trinajstić information content (AvgIpc) is 2.84. The van der Waals surface area contributed by atoms with Crippen molar-refractivity contribution < 1.29 is 13.2 Å². The van der Waals surface area contributed by atoms with Crippen LogP contribution in [0.25, 0.3) is 0 Å². The van der Waals surface area contributed by atoms with Crippen LogP contribution in [0.2, 0.25) is 0 Å². The number of rotatable bonds is 3. The number of halogens is 3. The van der Waals surface area contributed by atoms with Gasteiger partial charge in [0.15, 0.2) is 5.82 Å². The number of hydrogen-bond donors (Lipinski definition) is 3. The van der Waals surface area contributed by atoms with Crippen molar-refractivity contribution in [1.29, 1.82) is 0 Å². The number of aromatic nitrogens is 4. The Balaban J connectivity index is 2.18. The number of nitrogens with two attached hydrogens (primary N) is 1. The fourth-order valence-corrected chi connectivity index (χ4v) is 1.52. The van der Waals surface area contributed by atoms with Crippen LogP contribution < -0.4 is 11.1 Å². The molecule has 0 saturated carbocycles. The Kier molecular flexibility index (Phi) is 3.28. The molecule has 6 nitrogen and oxygen atoms in total. The van der Waals surface area contributed by atoms with E-state index in [4.69, 9.17) is 5.73 Å². The van der Waals surface area contributed by atoms with Crippen molar-refractivity contribution in [3.63, 3.8) is 0 Å². The van der Waals surface area contributed by atoms with Crippen LogP contribution in [0, 0.1) is 0 Å². The molecular formula is C10H11F3N6. The lowest BCUT2D eigenvalue weighted by atomic mass is 10.1. The van der Waals surface area contributed by atoms with Gasteiger partial charge in [0.25, 0.3) is 0 Å². The summed E-state index contributed by atoms with van der Waals surface area (Å²) in [6.45, 7) is 1.74. The zero-order valence-corrected chi connectivity index (χ0v) is 9.86. The summed E-state index contributed by atoms with van der Waals surface area (Å²) < 4.78 is 37.4. The van der Waals surface area contributed by atoms with Crippen molar-refractivity contribution in [1.82, 2.24) is 20.6 Å². The minimum atomic E-state index is -4.41. The summed E-state index contributed by atoms with van der Waals surface area (Å²) in [5, 5.41) is 16.1. The molecule has 0 bridgehead atoms. The molecule has 4 N–H and O–H groups in total. The van der Waals surface area contributed by atoms with Gasteiger partial charge < -0.3 is 11.1 Å². The Morgan fingerprint density at radius 2 is 2.11 bits per heavy atom. The minimum absolute atomic E-state index is 0.00479. The highest BCUT2D eigenvalue weighted by Gasteiger charge is 2.30. The second-order valence-electron chi connectivity index (χ2n) is 3.94. The topological polar surface area (TPSA) is 92.5 Å². The molecule has 0 aliphatic carbocycles. The van der Waals surface area contributed by atoms with E-state index in [2.05, 4.69) is 25.9 Å². The Bertz CT molecular complexity index is 551. The maximum atomic E-state index is 12.5. The number of benzene rings is 1. The number of hydrogen-bond acceptors (Lipinski definition) is 5. The van der Waals surface area contributed by atoms with Crippen LogP contribution >= 0.6 is 0 Å².